The highest BCUT2D eigenvalue weighted by Gasteiger charge is 2.16. The SMILES string of the molecule is CCCCC(NCC)c1c(F)cccc1Br. The van der Waals surface area contributed by atoms with Crippen LogP contribution in [0.1, 0.15) is 44.7 Å². The molecule has 0 heterocycles. The molecule has 0 radical (unpaired) electrons. The van der Waals surface area contributed by atoms with Crippen LogP contribution in [0.5, 0.6) is 0 Å². The van der Waals surface area contributed by atoms with E-state index in [1.54, 1.807) is 6.07 Å². The molecule has 1 rings (SSSR count). The van der Waals surface area contributed by atoms with Crippen molar-refractivity contribution in [2.75, 3.05) is 6.54 Å². The zero-order valence-electron chi connectivity index (χ0n) is 9.89. The molecular formula is C13H19BrFN. The first-order valence-corrected chi connectivity index (χ1v) is 6.67. The summed E-state index contributed by atoms with van der Waals surface area (Å²) in [7, 11) is 0. The van der Waals surface area contributed by atoms with Gasteiger partial charge in [-0.15, -0.1) is 0 Å². The van der Waals surface area contributed by atoms with Gasteiger partial charge >= 0.3 is 0 Å². The topological polar surface area (TPSA) is 12.0 Å². The molecule has 1 aromatic carbocycles. The summed E-state index contributed by atoms with van der Waals surface area (Å²) < 4.78 is 14.6. The van der Waals surface area contributed by atoms with Crippen molar-refractivity contribution in [1.82, 2.24) is 5.32 Å². The van der Waals surface area contributed by atoms with Crippen molar-refractivity contribution in [1.29, 1.82) is 0 Å². The lowest BCUT2D eigenvalue weighted by atomic mass is 10.0. The van der Waals surface area contributed by atoms with Gasteiger partial charge in [0, 0.05) is 16.1 Å². The highest BCUT2D eigenvalue weighted by molar-refractivity contribution is 9.10. The molecule has 0 saturated carbocycles. The van der Waals surface area contributed by atoms with E-state index in [0.29, 0.717) is 0 Å². The van der Waals surface area contributed by atoms with Crippen LogP contribution in [0, 0.1) is 5.82 Å². The highest BCUT2D eigenvalue weighted by atomic mass is 79.9. The minimum Gasteiger partial charge on any atom is -0.310 e. The van der Waals surface area contributed by atoms with Crippen LogP contribution in [0.4, 0.5) is 4.39 Å². The number of benzene rings is 1. The largest absolute Gasteiger partial charge is 0.310 e. The second-order valence-corrected chi connectivity index (χ2v) is 4.74. The summed E-state index contributed by atoms with van der Waals surface area (Å²) in [5, 5.41) is 3.35. The minimum atomic E-state index is -0.128. The van der Waals surface area contributed by atoms with Crippen molar-refractivity contribution in [2.24, 2.45) is 0 Å². The molecule has 0 aliphatic rings. The van der Waals surface area contributed by atoms with Gasteiger partial charge in [-0.3, -0.25) is 0 Å². The van der Waals surface area contributed by atoms with Crippen LogP contribution in [0.2, 0.25) is 0 Å². The lowest BCUT2D eigenvalue weighted by molar-refractivity contribution is 0.468. The Morgan fingerprint density at radius 1 is 1.38 bits per heavy atom. The van der Waals surface area contributed by atoms with Crippen molar-refractivity contribution >= 4 is 15.9 Å². The summed E-state index contributed by atoms with van der Waals surface area (Å²) in [6.07, 6.45) is 3.22. The van der Waals surface area contributed by atoms with E-state index in [4.69, 9.17) is 0 Å². The summed E-state index contributed by atoms with van der Waals surface area (Å²) >= 11 is 3.43. The van der Waals surface area contributed by atoms with Crippen LogP contribution in [0.25, 0.3) is 0 Å². The maximum atomic E-state index is 13.8. The van der Waals surface area contributed by atoms with Gasteiger partial charge in [0.05, 0.1) is 0 Å². The van der Waals surface area contributed by atoms with E-state index >= 15 is 0 Å². The Morgan fingerprint density at radius 2 is 2.12 bits per heavy atom. The van der Waals surface area contributed by atoms with Gasteiger partial charge in [-0.1, -0.05) is 48.7 Å². The molecule has 1 atom stereocenters. The summed E-state index contributed by atoms with van der Waals surface area (Å²) in [5.41, 5.74) is 0.762. The zero-order chi connectivity index (χ0) is 12.0. The molecule has 90 valence electrons. The van der Waals surface area contributed by atoms with Crippen molar-refractivity contribution in [2.45, 2.75) is 39.2 Å². The Bertz CT molecular complexity index is 307. The summed E-state index contributed by atoms with van der Waals surface area (Å²) in [6, 6.07) is 5.26. The van der Waals surface area contributed by atoms with Crippen LogP contribution in [-0.4, -0.2) is 6.54 Å². The first-order chi connectivity index (χ1) is 7.70. The molecule has 0 fully saturated rings. The Hall–Kier alpha value is -0.410. The third-order valence-electron chi connectivity index (χ3n) is 2.65. The first kappa shape index (κ1) is 13.7. The van der Waals surface area contributed by atoms with Gasteiger partial charge in [-0.25, -0.2) is 4.39 Å². The smallest absolute Gasteiger partial charge is 0.129 e. The van der Waals surface area contributed by atoms with E-state index in [1.165, 1.54) is 6.07 Å². The molecule has 0 spiro atoms. The lowest BCUT2D eigenvalue weighted by Gasteiger charge is -2.20. The molecule has 1 unspecified atom stereocenters. The van der Waals surface area contributed by atoms with Gasteiger partial charge in [0.15, 0.2) is 0 Å². The van der Waals surface area contributed by atoms with Gasteiger partial charge in [-0.2, -0.15) is 0 Å². The van der Waals surface area contributed by atoms with E-state index in [2.05, 4.69) is 28.2 Å². The maximum absolute atomic E-state index is 13.8. The third kappa shape index (κ3) is 3.56. The van der Waals surface area contributed by atoms with E-state index < -0.39 is 0 Å². The molecule has 1 N–H and O–H groups in total. The van der Waals surface area contributed by atoms with Gasteiger partial charge in [0.2, 0.25) is 0 Å². The Labute approximate surface area is 106 Å². The van der Waals surface area contributed by atoms with Crippen molar-refractivity contribution in [3.63, 3.8) is 0 Å². The van der Waals surface area contributed by atoms with E-state index in [1.807, 2.05) is 13.0 Å². The summed E-state index contributed by atoms with van der Waals surface area (Å²) in [4.78, 5) is 0. The lowest BCUT2D eigenvalue weighted by Crippen LogP contribution is -2.22. The summed E-state index contributed by atoms with van der Waals surface area (Å²) in [5.74, 6) is -0.128. The average molecular weight is 288 g/mol. The fraction of sp³-hybridized carbons (Fsp3) is 0.538. The minimum absolute atomic E-state index is 0.112. The van der Waals surface area contributed by atoms with Gasteiger partial charge < -0.3 is 5.32 Å². The van der Waals surface area contributed by atoms with Crippen LogP contribution in [0.15, 0.2) is 22.7 Å². The van der Waals surface area contributed by atoms with Crippen LogP contribution in [0.3, 0.4) is 0 Å². The van der Waals surface area contributed by atoms with Gasteiger partial charge in [-0.05, 0) is 25.1 Å². The van der Waals surface area contributed by atoms with E-state index in [9.17, 15) is 4.39 Å². The van der Waals surface area contributed by atoms with Crippen LogP contribution >= 0.6 is 15.9 Å². The normalized spacial score (nSPS) is 12.8. The molecule has 0 aliphatic heterocycles. The van der Waals surface area contributed by atoms with Gasteiger partial charge in [0.25, 0.3) is 0 Å². The van der Waals surface area contributed by atoms with Crippen molar-refractivity contribution in [3.8, 4) is 0 Å². The summed E-state index contributed by atoms with van der Waals surface area (Å²) in [6.45, 7) is 5.06. The van der Waals surface area contributed by atoms with Crippen molar-refractivity contribution in [3.05, 3.63) is 34.1 Å². The molecular weight excluding hydrogens is 269 g/mol. The molecule has 0 aromatic heterocycles. The monoisotopic (exact) mass is 287 g/mol. The molecule has 1 nitrogen and oxygen atoms in total. The third-order valence-corrected chi connectivity index (χ3v) is 3.34. The molecule has 16 heavy (non-hydrogen) atoms. The Morgan fingerprint density at radius 3 is 2.69 bits per heavy atom. The number of unbranched alkanes of at least 4 members (excludes halogenated alkanes) is 1. The number of hydrogen-bond acceptors (Lipinski definition) is 1. The average Bonchev–Trinajstić information content (AvgIpc) is 2.25. The molecule has 0 amide bonds. The Balaban J connectivity index is 2.90. The van der Waals surface area contributed by atoms with Crippen LogP contribution < -0.4 is 5.32 Å². The standard InChI is InChI=1S/C13H19BrFN/c1-3-5-9-12(16-4-2)13-10(14)7-6-8-11(13)15/h6-8,12,16H,3-5,9H2,1-2H3. The van der Waals surface area contributed by atoms with Gasteiger partial charge in [0.1, 0.15) is 5.82 Å². The maximum Gasteiger partial charge on any atom is 0.129 e. The van der Waals surface area contributed by atoms with Crippen molar-refractivity contribution < 1.29 is 4.39 Å². The molecule has 3 heteroatoms. The number of rotatable bonds is 6. The highest BCUT2D eigenvalue weighted by Crippen LogP contribution is 2.29. The molecule has 0 saturated heterocycles. The fourth-order valence-corrected chi connectivity index (χ4v) is 2.47. The number of nitrogens with one attached hydrogen (secondary N) is 1. The zero-order valence-corrected chi connectivity index (χ0v) is 11.5. The molecule has 0 bridgehead atoms. The first-order valence-electron chi connectivity index (χ1n) is 5.88. The van der Waals surface area contributed by atoms with Crippen LogP contribution in [-0.2, 0) is 0 Å². The second-order valence-electron chi connectivity index (χ2n) is 3.89. The quantitative estimate of drug-likeness (QED) is 0.816. The fourth-order valence-electron chi connectivity index (χ4n) is 1.85. The second kappa shape index (κ2) is 7.02. The Kier molecular flexibility index (Phi) is 5.99. The number of hydrogen-bond donors (Lipinski definition) is 1. The van der Waals surface area contributed by atoms with E-state index in [0.717, 1.165) is 35.8 Å². The molecule has 1 aromatic rings. The molecule has 0 aliphatic carbocycles. The van der Waals surface area contributed by atoms with E-state index in [-0.39, 0.29) is 11.9 Å². The number of halogens is 2. The predicted molar refractivity (Wildman–Crippen MR) is 70.0 cm³/mol. The predicted octanol–water partition coefficient (Wildman–Crippen LogP) is 4.43.